The maximum atomic E-state index is 4.25. The van der Waals surface area contributed by atoms with Crippen LogP contribution < -0.4 is 0 Å². The zero-order chi connectivity index (χ0) is 12.3. The molecule has 0 nitrogen and oxygen atoms in total. The maximum Gasteiger partial charge on any atom is 0.0204 e. The largest absolute Gasteiger partial charge is 0.179 e. The van der Waals surface area contributed by atoms with E-state index in [1.165, 1.54) is 22.3 Å². The summed E-state index contributed by atoms with van der Waals surface area (Å²) in [5.74, 6) is 0.900. The minimum atomic E-state index is 0.900. The lowest BCUT2D eigenvalue weighted by atomic mass is 10.0. The Hall–Kier alpha value is -0.730. The molecule has 2 aromatic rings. The molecule has 0 spiro atoms. The molecule has 0 heterocycles. The maximum absolute atomic E-state index is 4.25. The van der Waals surface area contributed by atoms with Gasteiger partial charge in [-0.1, -0.05) is 52.3 Å². The van der Waals surface area contributed by atoms with E-state index in [9.17, 15) is 0 Å². The Morgan fingerprint density at radius 3 is 2.24 bits per heavy atom. The highest BCUT2D eigenvalue weighted by Gasteiger charge is 2.00. The summed E-state index contributed by atoms with van der Waals surface area (Å²) >= 11 is 7.77. The van der Waals surface area contributed by atoms with Crippen LogP contribution in [0.5, 0.6) is 0 Å². The molecule has 0 unspecified atom stereocenters. The molecule has 17 heavy (non-hydrogen) atoms. The van der Waals surface area contributed by atoms with Crippen LogP contribution in [0.1, 0.15) is 11.1 Å². The van der Waals surface area contributed by atoms with Crippen LogP contribution in [0.25, 0.3) is 11.1 Å². The van der Waals surface area contributed by atoms with Gasteiger partial charge in [0.25, 0.3) is 0 Å². The van der Waals surface area contributed by atoms with Crippen molar-refractivity contribution >= 4 is 28.6 Å². The Labute approximate surface area is 117 Å². The lowest BCUT2D eigenvalue weighted by Crippen LogP contribution is -1.86. The Kier molecular flexibility index (Phi) is 4.30. The molecule has 0 atom stereocenters. The first-order chi connectivity index (χ1) is 8.20. The average molecular weight is 307 g/mol. The van der Waals surface area contributed by atoms with Crippen LogP contribution in [0.3, 0.4) is 0 Å². The van der Waals surface area contributed by atoms with Crippen molar-refractivity contribution in [3.05, 3.63) is 58.1 Å². The van der Waals surface area contributed by atoms with E-state index in [0.29, 0.717) is 0 Å². The summed E-state index contributed by atoms with van der Waals surface area (Å²) in [7, 11) is 0. The first kappa shape index (κ1) is 12.7. The Morgan fingerprint density at radius 2 is 1.65 bits per heavy atom. The normalized spacial score (nSPS) is 10.5. The molecule has 0 N–H and O–H groups in total. The standard InChI is InChI=1S/C15H15BrS/c1-11-10-14(6-7-15(11)16)13-4-2-12(3-5-13)8-9-17/h2-7,10,17H,8-9H2,1H3. The minimum Gasteiger partial charge on any atom is -0.179 e. The molecule has 0 radical (unpaired) electrons. The predicted octanol–water partition coefficient (Wildman–Crippen LogP) is 4.90. The molecule has 0 aromatic heterocycles. The third kappa shape index (κ3) is 3.14. The fourth-order valence-corrected chi connectivity index (χ4v) is 2.32. The third-order valence-corrected chi connectivity index (χ3v) is 3.96. The smallest absolute Gasteiger partial charge is 0.0204 e. The second-order valence-corrected chi connectivity index (χ2v) is 5.44. The van der Waals surface area contributed by atoms with Gasteiger partial charge in [0.1, 0.15) is 0 Å². The van der Waals surface area contributed by atoms with Crippen molar-refractivity contribution in [2.45, 2.75) is 13.3 Å². The van der Waals surface area contributed by atoms with Gasteiger partial charge in [-0.05, 0) is 47.4 Å². The number of halogens is 1. The molecule has 0 aliphatic heterocycles. The predicted molar refractivity (Wildman–Crippen MR) is 81.9 cm³/mol. The number of aryl methyl sites for hydroxylation is 2. The van der Waals surface area contributed by atoms with Gasteiger partial charge in [0.15, 0.2) is 0 Å². The highest BCUT2D eigenvalue weighted by Crippen LogP contribution is 2.25. The number of hydrogen-bond acceptors (Lipinski definition) is 1. The molecule has 88 valence electrons. The van der Waals surface area contributed by atoms with Crippen LogP contribution in [-0.2, 0) is 6.42 Å². The third-order valence-electron chi connectivity index (χ3n) is 2.85. The van der Waals surface area contributed by atoms with E-state index in [4.69, 9.17) is 0 Å². The van der Waals surface area contributed by atoms with E-state index in [2.05, 4.69) is 77.9 Å². The molecular weight excluding hydrogens is 292 g/mol. The minimum absolute atomic E-state index is 0.900. The molecule has 2 rings (SSSR count). The van der Waals surface area contributed by atoms with Gasteiger partial charge in [-0.2, -0.15) is 12.6 Å². The van der Waals surface area contributed by atoms with Crippen LogP contribution in [0.15, 0.2) is 46.9 Å². The van der Waals surface area contributed by atoms with E-state index in [1.54, 1.807) is 0 Å². The van der Waals surface area contributed by atoms with Gasteiger partial charge in [0.2, 0.25) is 0 Å². The van der Waals surface area contributed by atoms with E-state index >= 15 is 0 Å². The number of thiol groups is 1. The quantitative estimate of drug-likeness (QED) is 0.766. The van der Waals surface area contributed by atoms with E-state index in [1.807, 2.05) is 0 Å². The lowest BCUT2D eigenvalue weighted by molar-refractivity contribution is 1.16. The van der Waals surface area contributed by atoms with Gasteiger partial charge >= 0.3 is 0 Å². The molecule has 0 fully saturated rings. The molecule has 2 heteroatoms. The van der Waals surface area contributed by atoms with Gasteiger partial charge in [0.05, 0.1) is 0 Å². The van der Waals surface area contributed by atoms with Gasteiger partial charge in [-0.15, -0.1) is 0 Å². The molecule has 0 aliphatic rings. The molecular formula is C15H15BrS. The molecule has 0 saturated heterocycles. The summed E-state index contributed by atoms with van der Waals surface area (Å²) in [6, 6.07) is 15.2. The first-order valence-electron chi connectivity index (χ1n) is 5.67. The molecule has 2 aromatic carbocycles. The van der Waals surface area contributed by atoms with Crippen molar-refractivity contribution in [1.29, 1.82) is 0 Å². The summed E-state index contributed by atoms with van der Waals surface area (Å²) < 4.78 is 1.16. The Bertz CT molecular complexity index is 503. The highest BCUT2D eigenvalue weighted by atomic mass is 79.9. The van der Waals surface area contributed by atoms with Crippen molar-refractivity contribution in [3.63, 3.8) is 0 Å². The molecule has 0 aliphatic carbocycles. The van der Waals surface area contributed by atoms with Crippen LogP contribution in [-0.4, -0.2) is 5.75 Å². The van der Waals surface area contributed by atoms with Crippen LogP contribution in [0, 0.1) is 6.92 Å². The second kappa shape index (κ2) is 5.74. The van der Waals surface area contributed by atoms with E-state index in [0.717, 1.165) is 16.6 Å². The topological polar surface area (TPSA) is 0 Å². The van der Waals surface area contributed by atoms with Gasteiger partial charge < -0.3 is 0 Å². The van der Waals surface area contributed by atoms with Gasteiger partial charge in [-0.3, -0.25) is 0 Å². The number of benzene rings is 2. The molecule has 0 bridgehead atoms. The van der Waals surface area contributed by atoms with Crippen molar-refractivity contribution in [2.24, 2.45) is 0 Å². The monoisotopic (exact) mass is 306 g/mol. The lowest BCUT2D eigenvalue weighted by Gasteiger charge is -2.06. The van der Waals surface area contributed by atoms with Gasteiger partial charge in [-0.25, -0.2) is 0 Å². The molecule has 0 amide bonds. The van der Waals surface area contributed by atoms with E-state index < -0.39 is 0 Å². The van der Waals surface area contributed by atoms with E-state index in [-0.39, 0.29) is 0 Å². The summed E-state index contributed by atoms with van der Waals surface area (Å²) in [5.41, 5.74) is 5.14. The highest BCUT2D eigenvalue weighted by molar-refractivity contribution is 9.10. The van der Waals surface area contributed by atoms with Crippen LogP contribution in [0.2, 0.25) is 0 Å². The fourth-order valence-electron chi connectivity index (χ4n) is 1.82. The summed E-state index contributed by atoms with van der Waals surface area (Å²) in [6.45, 7) is 2.11. The summed E-state index contributed by atoms with van der Waals surface area (Å²) in [5, 5.41) is 0. The summed E-state index contributed by atoms with van der Waals surface area (Å²) in [4.78, 5) is 0. The van der Waals surface area contributed by atoms with Crippen LogP contribution in [0.4, 0.5) is 0 Å². The molecule has 0 saturated carbocycles. The first-order valence-corrected chi connectivity index (χ1v) is 7.09. The second-order valence-electron chi connectivity index (χ2n) is 4.13. The zero-order valence-corrected chi connectivity index (χ0v) is 12.3. The van der Waals surface area contributed by atoms with Crippen molar-refractivity contribution in [3.8, 4) is 11.1 Å². The number of hydrogen-bond donors (Lipinski definition) is 1. The Morgan fingerprint density at radius 1 is 1.00 bits per heavy atom. The fraction of sp³-hybridized carbons (Fsp3) is 0.200. The van der Waals surface area contributed by atoms with Crippen molar-refractivity contribution in [2.75, 3.05) is 5.75 Å². The zero-order valence-electron chi connectivity index (χ0n) is 9.78. The Balaban J connectivity index is 2.30. The SMILES string of the molecule is Cc1cc(-c2ccc(CCS)cc2)ccc1Br. The average Bonchev–Trinajstić information content (AvgIpc) is 2.34. The van der Waals surface area contributed by atoms with Crippen molar-refractivity contribution in [1.82, 2.24) is 0 Å². The summed E-state index contributed by atoms with van der Waals surface area (Å²) in [6.07, 6.45) is 1.03. The van der Waals surface area contributed by atoms with Crippen LogP contribution >= 0.6 is 28.6 Å². The van der Waals surface area contributed by atoms with Gasteiger partial charge in [0, 0.05) is 4.47 Å². The van der Waals surface area contributed by atoms with Crippen molar-refractivity contribution < 1.29 is 0 Å². The number of rotatable bonds is 3.